The van der Waals surface area contributed by atoms with Crippen LogP contribution in [-0.2, 0) is 22.7 Å². The standard InChI is InChI=1S/C11H15ClFN5O8P2/c1-27(20,21)26-28(22,23)24-2-4-7(19)5(13)10(25-4)18-3-15-6-8(14)16-11(12)17-9(6)18/h3-5,7,10,19H,2H2,1H3,(H,20,21)(H,22,23)(H2,14,16,17)/t4-,5-,7?,10-/m1/s1. The molecule has 0 saturated carbocycles. The van der Waals surface area contributed by atoms with Crippen molar-refractivity contribution in [2.75, 3.05) is 19.0 Å². The van der Waals surface area contributed by atoms with Crippen LogP contribution >= 0.6 is 27.0 Å². The molecule has 13 nitrogen and oxygen atoms in total. The van der Waals surface area contributed by atoms with E-state index in [1.165, 1.54) is 0 Å². The van der Waals surface area contributed by atoms with Crippen LogP contribution in [0.2, 0.25) is 5.28 Å². The number of aliphatic hydroxyl groups excluding tert-OH is 1. The molecule has 1 fully saturated rings. The van der Waals surface area contributed by atoms with E-state index in [9.17, 15) is 23.5 Å². The van der Waals surface area contributed by atoms with E-state index < -0.39 is 46.6 Å². The highest BCUT2D eigenvalue weighted by atomic mass is 35.5. The summed E-state index contributed by atoms with van der Waals surface area (Å²) in [5, 5.41) is 9.81. The summed E-state index contributed by atoms with van der Waals surface area (Å²) in [6, 6.07) is 0. The average Bonchev–Trinajstić information content (AvgIpc) is 3.06. The molecule has 17 heteroatoms. The van der Waals surface area contributed by atoms with Crippen LogP contribution in [0.25, 0.3) is 11.2 Å². The number of phosphoric ester groups is 1. The van der Waals surface area contributed by atoms with Crippen molar-refractivity contribution in [3.8, 4) is 0 Å². The SMILES string of the molecule is CP(=O)(O)OP(=O)(O)OC[C@H]1O[C@@H](n2cnc3c(N)nc(Cl)nc32)[C@H](F)C1O. The van der Waals surface area contributed by atoms with Crippen molar-refractivity contribution < 1.29 is 42.0 Å². The number of nitrogens with zero attached hydrogens (tertiary/aromatic N) is 4. The first-order valence-electron chi connectivity index (χ1n) is 7.50. The van der Waals surface area contributed by atoms with Gasteiger partial charge in [-0.3, -0.25) is 13.7 Å². The lowest BCUT2D eigenvalue weighted by molar-refractivity contribution is -0.0448. The van der Waals surface area contributed by atoms with E-state index in [0.29, 0.717) is 6.66 Å². The van der Waals surface area contributed by atoms with Crippen molar-refractivity contribution in [1.82, 2.24) is 19.5 Å². The highest BCUT2D eigenvalue weighted by Gasteiger charge is 2.47. The summed E-state index contributed by atoms with van der Waals surface area (Å²) < 4.78 is 52.3. The monoisotopic (exact) mass is 461 g/mol. The number of rotatable bonds is 6. The molecule has 156 valence electrons. The molecule has 5 N–H and O–H groups in total. The van der Waals surface area contributed by atoms with Gasteiger partial charge in [-0.15, -0.1) is 0 Å². The van der Waals surface area contributed by atoms with Gasteiger partial charge in [-0.05, 0) is 11.6 Å². The molecule has 0 amide bonds. The molecule has 1 saturated heterocycles. The van der Waals surface area contributed by atoms with Gasteiger partial charge in [0.15, 0.2) is 23.9 Å². The molecule has 3 rings (SSSR count). The normalized spacial score (nSPS) is 29.6. The molecule has 1 aliphatic rings. The Labute approximate surface area is 161 Å². The van der Waals surface area contributed by atoms with Gasteiger partial charge < -0.3 is 25.4 Å². The third-order valence-electron chi connectivity index (χ3n) is 3.65. The molecule has 0 spiro atoms. The molecule has 28 heavy (non-hydrogen) atoms. The number of hydrogen-bond donors (Lipinski definition) is 4. The maximum atomic E-state index is 14.6. The molecule has 2 aromatic heterocycles. The van der Waals surface area contributed by atoms with Crippen LogP contribution in [0, 0.1) is 0 Å². The molecular formula is C11H15ClFN5O8P2. The van der Waals surface area contributed by atoms with Crippen LogP contribution in [0.4, 0.5) is 10.2 Å². The fourth-order valence-corrected chi connectivity index (χ4v) is 4.77. The second-order valence-electron chi connectivity index (χ2n) is 5.85. The number of halogens is 2. The number of ether oxygens (including phenoxy) is 1. The fourth-order valence-electron chi connectivity index (χ4n) is 2.54. The lowest BCUT2D eigenvalue weighted by Crippen LogP contribution is -2.31. The zero-order valence-electron chi connectivity index (χ0n) is 14.0. The molecule has 1 aliphatic heterocycles. The minimum Gasteiger partial charge on any atom is -0.387 e. The van der Waals surface area contributed by atoms with E-state index in [2.05, 4.69) is 23.8 Å². The molecule has 0 bridgehead atoms. The van der Waals surface area contributed by atoms with Crippen LogP contribution in [-0.4, -0.2) is 66.1 Å². The van der Waals surface area contributed by atoms with E-state index in [0.717, 1.165) is 10.9 Å². The molecule has 6 atom stereocenters. The predicted octanol–water partition coefficient (Wildman–Crippen LogP) is 0.607. The summed E-state index contributed by atoms with van der Waals surface area (Å²) in [5.41, 5.74) is 5.85. The summed E-state index contributed by atoms with van der Waals surface area (Å²) in [5.74, 6) is -0.0473. The molecular weight excluding hydrogens is 447 g/mol. The Hall–Kier alpha value is -1.21. The molecule has 0 radical (unpaired) electrons. The number of nitrogens with two attached hydrogens (primary N) is 1. The summed E-state index contributed by atoms with van der Waals surface area (Å²) in [4.78, 5) is 30.0. The van der Waals surface area contributed by atoms with Gasteiger partial charge in [0.05, 0.1) is 12.9 Å². The Balaban J connectivity index is 1.78. The molecule has 3 heterocycles. The van der Waals surface area contributed by atoms with E-state index in [4.69, 9.17) is 27.0 Å². The van der Waals surface area contributed by atoms with Gasteiger partial charge in [-0.1, -0.05) is 0 Å². The number of phosphoric acid groups is 1. The van der Waals surface area contributed by atoms with Gasteiger partial charge in [0.2, 0.25) is 5.28 Å². The van der Waals surface area contributed by atoms with Crippen molar-refractivity contribution in [2.24, 2.45) is 0 Å². The third kappa shape index (κ3) is 4.51. The van der Waals surface area contributed by atoms with Gasteiger partial charge in [0.25, 0.3) is 0 Å². The zero-order chi connectivity index (χ0) is 20.9. The molecule has 2 aromatic rings. The number of aromatic nitrogens is 4. The van der Waals surface area contributed by atoms with E-state index in [-0.39, 0.29) is 22.3 Å². The van der Waals surface area contributed by atoms with Crippen LogP contribution in [0.1, 0.15) is 6.23 Å². The number of alkyl halides is 1. The maximum absolute atomic E-state index is 14.6. The topological polar surface area (TPSA) is 192 Å². The van der Waals surface area contributed by atoms with Gasteiger partial charge in [0.1, 0.15) is 17.7 Å². The highest BCUT2D eigenvalue weighted by molar-refractivity contribution is 7.63. The minimum absolute atomic E-state index is 0.0438. The number of fused-ring (bicyclic) bond motifs is 1. The smallest absolute Gasteiger partial charge is 0.387 e. The molecule has 0 aliphatic carbocycles. The van der Waals surface area contributed by atoms with E-state index in [1.807, 2.05) is 0 Å². The van der Waals surface area contributed by atoms with Gasteiger partial charge in [-0.25, -0.2) is 18.3 Å². The number of anilines is 1. The highest BCUT2D eigenvalue weighted by Crippen LogP contribution is 2.58. The molecule has 0 aromatic carbocycles. The Bertz CT molecular complexity index is 987. The van der Waals surface area contributed by atoms with Gasteiger partial charge in [-0.2, -0.15) is 9.97 Å². The van der Waals surface area contributed by atoms with Crippen molar-refractivity contribution >= 4 is 44.0 Å². The number of imidazole rings is 1. The van der Waals surface area contributed by atoms with E-state index >= 15 is 0 Å². The zero-order valence-corrected chi connectivity index (χ0v) is 16.5. The summed E-state index contributed by atoms with van der Waals surface area (Å²) >= 11 is 5.74. The minimum atomic E-state index is -4.95. The van der Waals surface area contributed by atoms with Gasteiger partial charge in [0, 0.05) is 6.66 Å². The van der Waals surface area contributed by atoms with Crippen molar-refractivity contribution in [3.63, 3.8) is 0 Å². The van der Waals surface area contributed by atoms with Crippen LogP contribution in [0.3, 0.4) is 0 Å². The quantitative estimate of drug-likeness (QED) is 0.346. The van der Waals surface area contributed by atoms with Crippen LogP contribution in [0.15, 0.2) is 6.33 Å². The van der Waals surface area contributed by atoms with Crippen molar-refractivity contribution in [3.05, 3.63) is 11.6 Å². The third-order valence-corrected chi connectivity index (χ3v) is 6.33. The second kappa shape index (κ2) is 7.56. The summed E-state index contributed by atoms with van der Waals surface area (Å²) in [6.07, 6.45) is -5.47. The van der Waals surface area contributed by atoms with Crippen molar-refractivity contribution in [2.45, 2.75) is 24.6 Å². The lowest BCUT2D eigenvalue weighted by Gasteiger charge is -2.18. The summed E-state index contributed by atoms with van der Waals surface area (Å²) in [7, 11) is -9.28. The Kier molecular flexibility index (Phi) is 5.80. The molecule has 3 unspecified atom stereocenters. The van der Waals surface area contributed by atoms with Crippen LogP contribution < -0.4 is 5.73 Å². The van der Waals surface area contributed by atoms with Gasteiger partial charge >= 0.3 is 15.4 Å². The number of aliphatic hydroxyl groups is 1. The first kappa shape index (κ1) is 21.5. The average molecular weight is 462 g/mol. The summed E-state index contributed by atoms with van der Waals surface area (Å²) in [6.45, 7) is -0.132. The van der Waals surface area contributed by atoms with E-state index in [1.54, 1.807) is 0 Å². The fraction of sp³-hybridized carbons (Fsp3) is 0.545. The first-order chi connectivity index (χ1) is 12.9. The maximum Gasteiger partial charge on any atom is 0.479 e. The number of nitrogen functional groups attached to an aromatic ring is 1. The Morgan fingerprint density at radius 1 is 1.43 bits per heavy atom. The second-order valence-corrected chi connectivity index (χ2v) is 9.64. The van der Waals surface area contributed by atoms with Crippen LogP contribution in [0.5, 0.6) is 0 Å². The predicted molar refractivity (Wildman–Crippen MR) is 92.2 cm³/mol. The van der Waals surface area contributed by atoms with Crippen molar-refractivity contribution in [1.29, 1.82) is 0 Å². The largest absolute Gasteiger partial charge is 0.479 e. The lowest BCUT2D eigenvalue weighted by atomic mass is 10.1. The first-order valence-corrected chi connectivity index (χ1v) is 11.4. The Morgan fingerprint density at radius 3 is 2.75 bits per heavy atom. The Morgan fingerprint density at radius 2 is 2.11 bits per heavy atom. The number of hydrogen-bond acceptors (Lipinski definition) is 10.